The highest BCUT2D eigenvalue weighted by atomic mass is 16.5. The van der Waals surface area contributed by atoms with Crippen molar-refractivity contribution in [1.29, 1.82) is 0 Å². The molecule has 27 heavy (non-hydrogen) atoms. The maximum atomic E-state index is 5.93. The molecule has 1 saturated heterocycles. The summed E-state index contributed by atoms with van der Waals surface area (Å²) in [6.45, 7) is 6.12. The van der Waals surface area contributed by atoms with E-state index in [0.717, 1.165) is 55.5 Å². The third kappa shape index (κ3) is 5.05. The number of hydrogen-bond acceptors (Lipinski definition) is 6. The second-order valence-electron chi connectivity index (χ2n) is 6.56. The van der Waals surface area contributed by atoms with E-state index in [0.29, 0.717) is 13.2 Å². The molecule has 0 radical (unpaired) electrons. The Morgan fingerprint density at radius 2 is 1.63 bits per heavy atom. The van der Waals surface area contributed by atoms with Crippen molar-refractivity contribution in [3.63, 3.8) is 0 Å². The molecule has 1 aliphatic rings. The smallest absolute Gasteiger partial charge is 0.161 e. The van der Waals surface area contributed by atoms with E-state index in [1.165, 1.54) is 5.69 Å². The Labute approximate surface area is 161 Å². The first-order valence-corrected chi connectivity index (χ1v) is 9.34. The van der Waals surface area contributed by atoms with Crippen LogP contribution in [0.2, 0.25) is 0 Å². The first kappa shape index (κ1) is 19.3. The van der Waals surface area contributed by atoms with Crippen molar-refractivity contribution in [2.75, 3.05) is 58.5 Å². The van der Waals surface area contributed by atoms with Crippen molar-refractivity contribution in [2.45, 2.75) is 6.54 Å². The number of nitrogens with zero attached hydrogens (tertiary/aromatic N) is 2. The predicted octanol–water partition coefficient (Wildman–Crippen LogP) is 2.36. The molecular formula is C21H29N3O3. The van der Waals surface area contributed by atoms with E-state index in [1.807, 2.05) is 30.3 Å². The van der Waals surface area contributed by atoms with Gasteiger partial charge in [-0.1, -0.05) is 6.07 Å². The maximum absolute atomic E-state index is 5.93. The van der Waals surface area contributed by atoms with Crippen LogP contribution in [0.15, 0.2) is 42.5 Å². The van der Waals surface area contributed by atoms with E-state index in [1.54, 1.807) is 14.2 Å². The lowest BCUT2D eigenvalue weighted by Gasteiger charge is -2.36. The van der Waals surface area contributed by atoms with Crippen LogP contribution in [0.1, 0.15) is 5.56 Å². The zero-order chi connectivity index (χ0) is 19.1. The number of methoxy groups -OCH3 is 2. The quantitative estimate of drug-likeness (QED) is 0.769. The minimum absolute atomic E-state index is 0.495. The summed E-state index contributed by atoms with van der Waals surface area (Å²) < 4.78 is 16.6. The van der Waals surface area contributed by atoms with E-state index in [2.05, 4.69) is 21.9 Å². The fourth-order valence-electron chi connectivity index (χ4n) is 3.27. The molecule has 0 unspecified atom stereocenters. The first-order chi connectivity index (χ1) is 13.2. The van der Waals surface area contributed by atoms with E-state index >= 15 is 0 Å². The normalized spacial score (nSPS) is 14.9. The minimum Gasteiger partial charge on any atom is -0.497 e. The molecular weight excluding hydrogens is 342 g/mol. The van der Waals surface area contributed by atoms with E-state index in [4.69, 9.17) is 19.9 Å². The third-order valence-electron chi connectivity index (χ3n) is 4.94. The molecule has 6 heteroatoms. The van der Waals surface area contributed by atoms with Gasteiger partial charge in [0.15, 0.2) is 11.5 Å². The Balaban J connectivity index is 1.44. The van der Waals surface area contributed by atoms with Gasteiger partial charge >= 0.3 is 0 Å². The van der Waals surface area contributed by atoms with Crippen LogP contribution in [-0.4, -0.2) is 58.5 Å². The lowest BCUT2D eigenvalue weighted by molar-refractivity contribution is 0.197. The number of nitrogens with two attached hydrogens (primary N) is 1. The van der Waals surface area contributed by atoms with Gasteiger partial charge in [0, 0.05) is 45.0 Å². The van der Waals surface area contributed by atoms with Crippen LogP contribution >= 0.6 is 0 Å². The van der Waals surface area contributed by atoms with Crippen LogP contribution in [0.4, 0.5) is 5.69 Å². The van der Waals surface area contributed by atoms with Crippen molar-refractivity contribution in [3.8, 4) is 17.2 Å². The van der Waals surface area contributed by atoms with Crippen molar-refractivity contribution < 1.29 is 14.2 Å². The molecule has 2 N–H and O–H groups in total. The fourth-order valence-corrected chi connectivity index (χ4v) is 3.27. The maximum Gasteiger partial charge on any atom is 0.161 e. The molecule has 2 aromatic carbocycles. The van der Waals surface area contributed by atoms with E-state index in [-0.39, 0.29) is 0 Å². The Bertz CT molecular complexity index is 713. The summed E-state index contributed by atoms with van der Waals surface area (Å²) in [6, 6.07) is 14.1. The molecule has 6 nitrogen and oxygen atoms in total. The molecule has 146 valence electrons. The van der Waals surface area contributed by atoms with Gasteiger partial charge < -0.3 is 24.8 Å². The van der Waals surface area contributed by atoms with Gasteiger partial charge in [0.2, 0.25) is 0 Å². The van der Waals surface area contributed by atoms with Gasteiger partial charge in [0.05, 0.1) is 14.2 Å². The van der Waals surface area contributed by atoms with E-state index in [9.17, 15) is 0 Å². The van der Waals surface area contributed by atoms with Crippen molar-refractivity contribution >= 4 is 5.69 Å². The molecule has 1 aliphatic heterocycles. The van der Waals surface area contributed by atoms with Gasteiger partial charge in [-0.2, -0.15) is 0 Å². The summed E-state index contributed by atoms with van der Waals surface area (Å²) in [6.07, 6.45) is 0. The average Bonchev–Trinajstić information content (AvgIpc) is 2.74. The molecule has 0 aromatic heterocycles. The lowest BCUT2D eigenvalue weighted by atomic mass is 10.2. The zero-order valence-corrected chi connectivity index (χ0v) is 16.2. The lowest BCUT2D eigenvalue weighted by Crippen LogP contribution is -2.47. The number of benzene rings is 2. The Hall–Kier alpha value is -2.44. The van der Waals surface area contributed by atoms with Gasteiger partial charge in [0.1, 0.15) is 12.4 Å². The molecule has 0 aliphatic carbocycles. The number of ether oxygens (including phenoxy) is 3. The molecule has 1 fully saturated rings. The SMILES string of the molecule is COc1ccc(N2CCN(CCOc3ccc(CN)cc3OC)CC2)cc1. The minimum atomic E-state index is 0.495. The van der Waals surface area contributed by atoms with Gasteiger partial charge in [0.25, 0.3) is 0 Å². The Kier molecular flexibility index (Phi) is 6.79. The molecule has 0 saturated carbocycles. The van der Waals surface area contributed by atoms with Gasteiger partial charge in [-0.15, -0.1) is 0 Å². The highest BCUT2D eigenvalue weighted by Gasteiger charge is 2.17. The zero-order valence-electron chi connectivity index (χ0n) is 16.2. The Morgan fingerprint density at radius 3 is 2.26 bits per heavy atom. The highest BCUT2D eigenvalue weighted by Crippen LogP contribution is 2.28. The summed E-state index contributed by atoms with van der Waals surface area (Å²) in [4.78, 5) is 4.84. The summed E-state index contributed by atoms with van der Waals surface area (Å²) in [5.41, 5.74) is 7.96. The largest absolute Gasteiger partial charge is 0.497 e. The third-order valence-corrected chi connectivity index (χ3v) is 4.94. The molecule has 0 spiro atoms. The standard InChI is InChI=1S/C21H29N3O3/c1-25-19-6-4-18(5-7-19)24-11-9-23(10-12-24)13-14-27-20-8-3-17(16-22)15-21(20)26-2/h3-8,15H,9-14,16,22H2,1-2H3. The van der Waals surface area contributed by atoms with Crippen LogP contribution in [0.25, 0.3) is 0 Å². The average molecular weight is 371 g/mol. The Morgan fingerprint density at radius 1 is 0.889 bits per heavy atom. The number of hydrogen-bond donors (Lipinski definition) is 1. The number of rotatable bonds is 8. The number of anilines is 1. The van der Waals surface area contributed by atoms with Crippen LogP contribution in [0.3, 0.4) is 0 Å². The van der Waals surface area contributed by atoms with Crippen molar-refractivity contribution in [3.05, 3.63) is 48.0 Å². The summed E-state index contributed by atoms with van der Waals surface area (Å²) in [5.74, 6) is 2.40. The summed E-state index contributed by atoms with van der Waals surface area (Å²) in [7, 11) is 3.35. The van der Waals surface area contributed by atoms with Crippen molar-refractivity contribution in [2.24, 2.45) is 5.73 Å². The summed E-state index contributed by atoms with van der Waals surface area (Å²) in [5, 5.41) is 0. The van der Waals surface area contributed by atoms with Gasteiger partial charge in [-0.25, -0.2) is 0 Å². The van der Waals surface area contributed by atoms with Crippen LogP contribution in [-0.2, 0) is 6.54 Å². The number of piperazine rings is 1. The van der Waals surface area contributed by atoms with Crippen LogP contribution < -0.4 is 24.8 Å². The van der Waals surface area contributed by atoms with Gasteiger partial charge in [-0.3, -0.25) is 4.90 Å². The second kappa shape index (κ2) is 9.48. The van der Waals surface area contributed by atoms with Crippen LogP contribution in [0.5, 0.6) is 17.2 Å². The molecule has 2 aromatic rings. The van der Waals surface area contributed by atoms with Gasteiger partial charge in [-0.05, 0) is 42.0 Å². The molecule has 1 heterocycles. The molecule has 3 rings (SSSR count). The topological polar surface area (TPSA) is 60.2 Å². The molecule has 0 amide bonds. The summed E-state index contributed by atoms with van der Waals surface area (Å²) >= 11 is 0. The van der Waals surface area contributed by atoms with Crippen LogP contribution in [0, 0.1) is 0 Å². The predicted molar refractivity (Wildman–Crippen MR) is 108 cm³/mol. The van der Waals surface area contributed by atoms with Crippen molar-refractivity contribution in [1.82, 2.24) is 4.90 Å². The first-order valence-electron chi connectivity index (χ1n) is 9.34. The second-order valence-corrected chi connectivity index (χ2v) is 6.56. The molecule has 0 bridgehead atoms. The molecule has 0 atom stereocenters. The fraction of sp³-hybridized carbons (Fsp3) is 0.429. The highest BCUT2D eigenvalue weighted by molar-refractivity contribution is 5.49. The van der Waals surface area contributed by atoms with E-state index < -0.39 is 0 Å². The monoisotopic (exact) mass is 371 g/mol.